The number of nitrogens with zero attached hydrogens (tertiary/aromatic N) is 5. The molecule has 14 heteroatoms. The van der Waals surface area contributed by atoms with Gasteiger partial charge in [0.2, 0.25) is 0 Å². The molecule has 0 fully saturated rings. The zero-order chi connectivity index (χ0) is 34.7. The molecule has 3 unspecified atom stereocenters. The smallest absolute Gasteiger partial charge is 0.396 e. The van der Waals surface area contributed by atoms with Crippen LogP contribution in [0.1, 0.15) is 56.8 Å². The number of anilines is 1. The first kappa shape index (κ1) is 33.8. The Labute approximate surface area is 272 Å². The van der Waals surface area contributed by atoms with E-state index in [0.717, 1.165) is 29.2 Å². The van der Waals surface area contributed by atoms with Crippen LogP contribution in [-0.4, -0.2) is 69.8 Å². The molecule has 48 heavy (non-hydrogen) atoms. The van der Waals surface area contributed by atoms with Crippen LogP contribution in [0, 0.1) is 17.1 Å². The number of nitrogens with one attached hydrogen (secondary N) is 1. The minimum atomic E-state index is -4.73. The summed E-state index contributed by atoms with van der Waals surface area (Å²) in [7, 11) is 1.37. The van der Waals surface area contributed by atoms with E-state index in [1.807, 2.05) is 6.07 Å². The molecule has 248 valence electrons. The lowest BCUT2D eigenvalue weighted by Gasteiger charge is -2.38. The summed E-state index contributed by atoms with van der Waals surface area (Å²) in [5.41, 5.74) is -0.674. The van der Waals surface area contributed by atoms with Crippen LogP contribution in [0.3, 0.4) is 0 Å². The maximum atomic E-state index is 14.3. The Bertz CT molecular complexity index is 1870. The Morgan fingerprint density at radius 3 is 2.38 bits per heavy atom. The van der Waals surface area contributed by atoms with E-state index >= 15 is 0 Å². The van der Waals surface area contributed by atoms with Crippen molar-refractivity contribution in [3.8, 4) is 11.8 Å². The number of aliphatic hydroxyl groups is 1. The number of fused-ring (bicyclic) bond motifs is 1. The normalized spacial score (nSPS) is 16.5. The SMILES string of the molecule is CCN1C(=O)C(NC(=O)c2cccc(C(F)(F)F)c2)C(c2ccc(F)cc2)c2c(C(=O)N(C)C(C#N)CCO)nn(-c3ccccc3)c21. The van der Waals surface area contributed by atoms with Gasteiger partial charge in [0.05, 0.1) is 17.3 Å². The summed E-state index contributed by atoms with van der Waals surface area (Å²) in [4.78, 5) is 44.5. The maximum Gasteiger partial charge on any atom is 0.416 e. The van der Waals surface area contributed by atoms with Crippen LogP contribution in [-0.2, 0) is 11.0 Å². The van der Waals surface area contributed by atoms with E-state index in [1.54, 1.807) is 37.3 Å². The molecule has 1 aliphatic heterocycles. The number of nitriles is 1. The van der Waals surface area contributed by atoms with Gasteiger partial charge >= 0.3 is 6.18 Å². The Hall–Kier alpha value is -5.55. The van der Waals surface area contributed by atoms with Crippen molar-refractivity contribution < 1.29 is 37.1 Å². The summed E-state index contributed by atoms with van der Waals surface area (Å²) < 4.78 is 56.0. The van der Waals surface area contributed by atoms with Gasteiger partial charge in [0.15, 0.2) is 5.69 Å². The second-order valence-electron chi connectivity index (χ2n) is 11.0. The van der Waals surface area contributed by atoms with Crippen LogP contribution in [0.25, 0.3) is 5.69 Å². The van der Waals surface area contributed by atoms with Gasteiger partial charge in [0, 0.05) is 43.7 Å². The number of alkyl halides is 3. The van der Waals surface area contributed by atoms with Gasteiger partial charge < -0.3 is 15.3 Å². The summed E-state index contributed by atoms with van der Waals surface area (Å²) in [5, 5.41) is 26.5. The number of para-hydroxylation sites is 1. The number of hydrogen-bond donors (Lipinski definition) is 2. The third-order valence-electron chi connectivity index (χ3n) is 8.16. The highest BCUT2D eigenvalue weighted by Crippen LogP contribution is 2.44. The van der Waals surface area contributed by atoms with Crippen LogP contribution in [0.5, 0.6) is 0 Å². The lowest BCUT2D eigenvalue weighted by Crippen LogP contribution is -2.55. The van der Waals surface area contributed by atoms with Crippen LogP contribution in [0.15, 0.2) is 78.9 Å². The van der Waals surface area contributed by atoms with E-state index in [-0.39, 0.29) is 42.2 Å². The molecule has 1 aliphatic rings. The van der Waals surface area contributed by atoms with Crippen molar-refractivity contribution in [3.63, 3.8) is 0 Å². The molecule has 2 N–H and O–H groups in total. The van der Waals surface area contributed by atoms with Gasteiger partial charge in [-0.05, 0) is 55.0 Å². The second kappa shape index (κ2) is 13.7. The topological polar surface area (TPSA) is 132 Å². The van der Waals surface area contributed by atoms with Gasteiger partial charge in [-0.15, -0.1) is 0 Å². The number of benzene rings is 3. The highest BCUT2D eigenvalue weighted by molar-refractivity contribution is 6.07. The van der Waals surface area contributed by atoms with E-state index in [0.29, 0.717) is 17.3 Å². The van der Waals surface area contributed by atoms with Crippen LogP contribution in [0.2, 0.25) is 0 Å². The van der Waals surface area contributed by atoms with E-state index in [9.17, 15) is 42.3 Å². The third kappa shape index (κ3) is 6.37. The molecular formula is C34H30F4N6O4. The first-order valence-corrected chi connectivity index (χ1v) is 14.9. The fourth-order valence-electron chi connectivity index (χ4n) is 5.77. The number of carbonyl (C=O) groups excluding carboxylic acids is 3. The number of carbonyl (C=O) groups is 3. The Balaban J connectivity index is 1.75. The molecule has 2 heterocycles. The number of amides is 3. The summed E-state index contributed by atoms with van der Waals surface area (Å²) in [6.07, 6.45) is -4.79. The molecule has 3 atom stereocenters. The summed E-state index contributed by atoms with van der Waals surface area (Å²) in [6, 6.07) is 16.8. The first-order valence-electron chi connectivity index (χ1n) is 14.9. The van der Waals surface area contributed by atoms with Crippen molar-refractivity contribution in [2.24, 2.45) is 0 Å². The monoisotopic (exact) mass is 662 g/mol. The van der Waals surface area contributed by atoms with Gasteiger partial charge in [-0.1, -0.05) is 36.4 Å². The van der Waals surface area contributed by atoms with Gasteiger partial charge in [-0.2, -0.15) is 23.5 Å². The van der Waals surface area contributed by atoms with Gasteiger partial charge in [-0.25, -0.2) is 9.07 Å². The number of halogens is 4. The fourth-order valence-corrected chi connectivity index (χ4v) is 5.77. The largest absolute Gasteiger partial charge is 0.416 e. The second-order valence-corrected chi connectivity index (χ2v) is 11.0. The van der Waals surface area contributed by atoms with Crippen LogP contribution >= 0.6 is 0 Å². The molecular weight excluding hydrogens is 632 g/mol. The average Bonchev–Trinajstić information content (AvgIpc) is 3.47. The Kier molecular flexibility index (Phi) is 9.62. The molecule has 5 rings (SSSR count). The number of aromatic nitrogens is 2. The third-order valence-corrected chi connectivity index (χ3v) is 8.16. The molecule has 3 aromatic carbocycles. The van der Waals surface area contributed by atoms with Crippen molar-refractivity contribution in [1.82, 2.24) is 20.0 Å². The molecule has 0 aliphatic carbocycles. The zero-order valence-electron chi connectivity index (χ0n) is 25.8. The Morgan fingerprint density at radius 2 is 1.77 bits per heavy atom. The molecule has 4 aromatic rings. The quantitative estimate of drug-likeness (QED) is 0.251. The van der Waals surface area contributed by atoms with Crippen molar-refractivity contribution in [1.29, 1.82) is 5.26 Å². The Morgan fingerprint density at radius 1 is 1.08 bits per heavy atom. The van der Waals surface area contributed by atoms with E-state index in [1.165, 1.54) is 34.8 Å². The maximum absolute atomic E-state index is 14.3. The molecule has 10 nitrogen and oxygen atoms in total. The lowest BCUT2D eigenvalue weighted by atomic mass is 9.80. The standard InChI is InChI=1S/C34H30F4N6O4/c1-3-43-31-27(29(32(47)42(2)25(19-39)16-17-45)41-44(31)24-10-5-4-6-11-24)26(20-12-14-23(35)15-13-20)28(33(43)48)40-30(46)21-8-7-9-22(18-21)34(36,37)38/h4-15,18,25-26,28,45H,3,16-17H2,1-2H3,(H,40,46). The number of likely N-dealkylation sites (N-methyl/N-ethyl adjacent to an activating group) is 1. The molecule has 0 saturated heterocycles. The summed E-state index contributed by atoms with van der Waals surface area (Å²) in [6.45, 7) is 1.31. The minimum absolute atomic E-state index is 0.0330. The highest BCUT2D eigenvalue weighted by atomic mass is 19.4. The van der Waals surface area contributed by atoms with Crippen LogP contribution < -0.4 is 10.2 Å². The van der Waals surface area contributed by atoms with E-state index in [2.05, 4.69) is 10.4 Å². The number of rotatable bonds is 9. The molecule has 0 spiro atoms. The lowest BCUT2D eigenvalue weighted by molar-refractivity contribution is -0.137. The van der Waals surface area contributed by atoms with Crippen molar-refractivity contribution in [3.05, 3.63) is 113 Å². The minimum Gasteiger partial charge on any atom is -0.396 e. The van der Waals surface area contributed by atoms with Crippen molar-refractivity contribution in [2.75, 3.05) is 25.1 Å². The van der Waals surface area contributed by atoms with Crippen molar-refractivity contribution >= 4 is 23.5 Å². The molecule has 3 amide bonds. The average molecular weight is 663 g/mol. The first-order chi connectivity index (χ1) is 22.9. The highest BCUT2D eigenvalue weighted by Gasteiger charge is 2.48. The summed E-state index contributed by atoms with van der Waals surface area (Å²) in [5.74, 6) is -3.98. The summed E-state index contributed by atoms with van der Waals surface area (Å²) >= 11 is 0. The number of aliphatic hydroxyl groups excluding tert-OH is 1. The molecule has 1 aromatic heterocycles. The molecule has 0 bridgehead atoms. The predicted molar refractivity (Wildman–Crippen MR) is 166 cm³/mol. The van der Waals surface area contributed by atoms with Gasteiger partial charge in [-0.3, -0.25) is 19.3 Å². The predicted octanol–water partition coefficient (Wildman–Crippen LogP) is 4.67. The van der Waals surface area contributed by atoms with Crippen LogP contribution in [0.4, 0.5) is 23.4 Å². The van der Waals surface area contributed by atoms with E-state index < -0.39 is 53.3 Å². The van der Waals surface area contributed by atoms with Gasteiger partial charge in [0.25, 0.3) is 17.7 Å². The fraction of sp³-hybridized carbons (Fsp3) is 0.265. The van der Waals surface area contributed by atoms with E-state index in [4.69, 9.17) is 0 Å². The zero-order valence-corrected chi connectivity index (χ0v) is 25.8. The number of hydrogen-bond acceptors (Lipinski definition) is 6. The van der Waals surface area contributed by atoms with Gasteiger partial charge in [0.1, 0.15) is 23.7 Å². The van der Waals surface area contributed by atoms with Crippen molar-refractivity contribution in [2.45, 2.75) is 37.5 Å². The molecule has 0 saturated carbocycles. The molecule has 0 radical (unpaired) electrons.